The zero-order valence-corrected chi connectivity index (χ0v) is 16.7. The lowest BCUT2D eigenvalue weighted by atomic mass is 10.2. The maximum atomic E-state index is 12.6. The SMILES string of the molecule is COc1ccccc1/C=C1\SC(=S)N(CC(=O)N[C@H]2C=CS(=O)(=O)C2)C1=O. The average Bonchev–Trinajstić information content (AvgIpc) is 3.08. The third kappa shape index (κ3) is 4.57. The number of thioether (sulfide) groups is 1. The van der Waals surface area contributed by atoms with Crippen LogP contribution in [0.1, 0.15) is 5.56 Å². The number of hydrogen-bond donors (Lipinski definition) is 1. The van der Waals surface area contributed by atoms with Crippen molar-refractivity contribution >= 4 is 56.0 Å². The van der Waals surface area contributed by atoms with Crippen LogP contribution in [0.5, 0.6) is 5.75 Å². The van der Waals surface area contributed by atoms with Gasteiger partial charge < -0.3 is 10.1 Å². The molecule has 142 valence electrons. The van der Waals surface area contributed by atoms with Crippen molar-refractivity contribution in [2.24, 2.45) is 0 Å². The normalized spacial score (nSPS) is 22.5. The number of benzene rings is 1. The number of rotatable bonds is 5. The molecule has 2 aliphatic heterocycles. The van der Waals surface area contributed by atoms with Gasteiger partial charge in [-0.15, -0.1) is 0 Å². The molecule has 7 nitrogen and oxygen atoms in total. The number of sulfone groups is 1. The topological polar surface area (TPSA) is 92.8 Å². The number of ether oxygens (including phenoxy) is 1. The van der Waals surface area contributed by atoms with E-state index in [-0.39, 0.29) is 22.5 Å². The fourth-order valence-corrected chi connectivity index (χ4v) is 5.11. The minimum atomic E-state index is -3.27. The van der Waals surface area contributed by atoms with Crippen LogP contribution in [0, 0.1) is 0 Å². The van der Waals surface area contributed by atoms with Gasteiger partial charge >= 0.3 is 0 Å². The van der Waals surface area contributed by atoms with Crippen molar-refractivity contribution in [3.63, 3.8) is 0 Å². The number of carbonyl (C=O) groups excluding carboxylic acids is 2. The van der Waals surface area contributed by atoms with Gasteiger partial charge in [0, 0.05) is 11.0 Å². The summed E-state index contributed by atoms with van der Waals surface area (Å²) >= 11 is 6.32. The van der Waals surface area contributed by atoms with Crippen molar-refractivity contribution in [3.05, 3.63) is 46.2 Å². The molecule has 2 aliphatic rings. The van der Waals surface area contributed by atoms with Gasteiger partial charge in [-0.1, -0.05) is 42.2 Å². The molecule has 0 aromatic heterocycles. The Hall–Kier alpha value is -2.17. The summed E-state index contributed by atoms with van der Waals surface area (Å²) in [6.45, 7) is -0.266. The van der Waals surface area contributed by atoms with Gasteiger partial charge in [0.05, 0.1) is 23.8 Å². The number of nitrogens with zero attached hydrogens (tertiary/aromatic N) is 1. The van der Waals surface area contributed by atoms with Gasteiger partial charge in [0.1, 0.15) is 16.6 Å². The first kappa shape index (κ1) is 19.6. The molecule has 0 bridgehead atoms. The first-order chi connectivity index (χ1) is 12.8. The van der Waals surface area contributed by atoms with Gasteiger partial charge in [0.15, 0.2) is 9.84 Å². The van der Waals surface area contributed by atoms with Crippen LogP contribution in [0.25, 0.3) is 6.08 Å². The Balaban J connectivity index is 1.68. The van der Waals surface area contributed by atoms with Crippen LogP contribution in [0.15, 0.2) is 40.7 Å². The molecule has 1 N–H and O–H groups in total. The number of hydrogen-bond acceptors (Lipinski definition) is 7. The van der Waals surface area contributed by atoms with Gasteiger partial charge in [-0.3, -0.25) is 14.5 Å². The second-order valence-electron chi connectivity index (χ2n) is 5.84. The van der Waals surface area contributed by atoms with E-state index in [1.165, 1.54) is 11.0 Å². The van der Waals surface area contributed by atoms with E-state index < -0.39 is 21.8 Å². The molecule has 0 aliphatic carbocycles. The Kier molecular flexibility index (Phi) is 5.68. The van der Waals surface area contributed by atoms with Crippen LogP contribution in [0.2, 0.25) is 0 Å². The first-order valence-electron chi connectivity index (χ1n) is 7.88. The highest BCUT2D eigenvalue weighted by Crippen LogP contribution is 2.34. The fraction of sp³-hybridized carbons (Fsp3) is 0.235. The standard InChI is InChI=1S/C17H16N2O5S3/c1-24-13-5-3-2-4-11(13)8-14-16(21)19(17(25)26-14)9-15(20)18-12-6-7-27(22,23)10-12/h2-8,12H,9-10H2,1H3,(H,18,20)/b14-8-/t12-/m0/s1. The Morgan fingerprint density at radius 3 is 2.85 bits per heavy atom. The Bertz CT molecular complexity index is 969. The summed E-state index contributed by atoms with van der Waals surface area (Å²) in [6, 6.07) is 6.65. The van der Waals surface area contributed by atoms with E-state index >= 15 is 0 Å². The number of nitrogens with one attached hydrogen (secondary N) is 1. The van der Waals surface area contributed by atoms with Crippen molar-refractivity contribution in [1.82, 2.24) is 10.2 Å². The highest BCUT2D eigenvalue weighted by atomic mass is 32.2. The maximum Gasteiger partial charge on any atom is 0.266 e. The predicted molar refractivity (Wildman–Crippen MR) is 108 cm³/mol. The van der Waals surface area contributed by atoms with E-state index in [0.717, 1.165) is 22.7 Å². The predicted octanol–water partition coefficient (Wildman–Crippen LogP) is 1.32. The molecule has 0 radical (unpaired) electrons. The summed E-state index contributed by atoms with van der Waals surface area (Å²) in [5, 5.41) is 3.66. The van der Waals surface area contributed by atoms with E-state index in [0.29, 0.717) is 10.7 Å². The van der Waals surface area contributed by atoms with E-state index in [2.05, 4.69) is 5.32 Å². The van der Waals surface area contributed by atoms with Crippen LogP contribution in [0.4, 0.5) is 0 Å². The maximum absolute atomic E-state index is 12.6. The molecule has 1 atom stereocenters. The molecule has 1 fully saturated rings. The van der Waals surface area contributed by atoms with Gasteiger partial charge in [-0.25, -0.2) is 8.42 Å². The monoisotopic (exact) mass is 424 g/mol. The highest BCUT2D eigenvalue weighted by molar-refractivity contribution is 8.26. The fourth-order valence-electron chi connectivity index (χ4n) is 2.62. The van der Waals surface area contributed by atoms with E-state index in [1.54, 1.807) is 19.3 Å². The summed E-state index contributed by atoms with van der Waals surface area (Å²) in [4.78, 5) is 26.4. The molecule has 0 unspecified atom stereocenters. The molecular weight excluding hydrogens is 408 g/mol. The van der Waals surface area contributed by atoms with Crippen LogP contribution < -0.4 is 10.1 Å². The van der Waals surface area contributed by atoms with E-state index in [4.69, 9.17) is 17.0 Å². The van der Waals surface area contributed by atoms with Gasteiger partial charge in [0.2, 0.25) is 5.91 Å². The molecule has 2 amide bonds. The smallest absolute Gasteiger partial charge is 0.266 e. The van der Waals surface area contributed by atoms with Crippen LogP contribution in [-0.4, -0.2) is 54.9 Å². The molecule has 27 heavy (non-hydrogen) atoms. The summed E-state index contributed by atoms with van der Waals surface area (Å²) in [5.41, 5.74) is 0.728. The lowest BCUT2D eigenvalue weighted by Gasteiger charge is -2.16. The summed E-state index contributed by atoms with van der Waals surface area (Å²) in [6.07, 6.45) is 3.08. The molecule has 2 heterocycles. The minimum Gasteiger partial charge on any atom is -0.496 e. The largest absolute Gasteiger partial charge is 0.496 e. The summed E-state index contributed by atoms with van der Waals surface area (Å²) in [5.74, 6) is -0.405. The lowest BCUT2D eigenvalue weighted by Crippen LogP contribution is -2.43. The molecule has 1 aromatic carbocycles. The lowest BCUT2D eigenvalue weighted by molar-refractivity contribution is -0.128. The third-order valence-electron chi connectivity index (χ3n) is 3.88. The third-order valence-corrected chi connectivity index (χ3v) is 6.65. The minimum absolute atomic E-state index is 0.176. The van der Waals surface area contributed by atoms with Crippen molar-refractivity contribution < 1.29 is 22.7 Å². The zero-order valence-electron chi connectivity index (χ0n) is 14.2. The molecule has 1 saturated heterocycles. The van der Waals surface area contributed by atoms with Crippen molar-refractivity contribution in [2.75, 3.05) is 19.4 Å². The van der Waals surface area contributed by atoms with Gasteiger partial charge in [-0.2, -0.15) is 0 Å². The Labute approximate surface area is 166 Å². The second kappa shape index (κ2) is 7.83. The Morgan fingerprint density at radius 2 is 2.19 bits per heavy atom. The van der Waals surface area contributed by atoms with Crippen LogP contribution in [-0.2, 0) is 19.4 Å². The van der Waals surface area contributed by atoms with Crippen molar-refractivity contribution in [2.45, 2.75) is 6.04 Å². The van der Waals surface area contributed by atoms with Crippen molar-refractivity contribution in [1.29, 1.82) is 0 Å². The quantitative estimate of drug-likeness (QED) is 0.563. The molecule has 1 aromatic rings. The Morgan fingerprint density at radius 1 is 1.44 bits per heavy atom. The summed E-state index contributed by atoms with van der Waals surface area (Å²) in [7, 11) is -1.73. The number of carbonyl (C=O) groups is 2. The molecule has 3 rings (SSSR count). The van der Waals surface area contributed by atoms with E-state index in [1.807, 2.05) is 18.2 Å². The second-order valence-corrected chi connectivity index (χ2v) is 9.45. The zero-order chi connectivity index (χ0) is 19.6. The summed E-state index contributed by atoms with van der Waals surface area (Å²) < 4.78 is 28.3. The van der Waals surface area contributed by atoms with E-state index in [9.17, 15) is 18.0 Å². The number of thiocarbonyl (C=S) groups is 1. The molecular formula is C17H16N2O5S3. The first-order valence-corrected chi connectivity index (χ1v) is 10.8. The van der Waals surface area contributed by atoms with Crippen molar-refractivity contribution in [3.8, 4) is 5.75 Å². The molecule has 0 spiro atoms. The number of methoxy groups -OCH3 is 1. The highest BCUT2D eigenvalue weighted by Gasteiger charge is 2.34. The number of amides is 2. The van der Waals surface area contributed by atoms with Gasteiger partial charge in [0.25, 0.3) is 5.91 Å². The average molecular weight is 425 g/mol. The molecule has 10 heteroatoms. The number of para-hydroxylation sites is 1. The van der Waals surface area contributed by atoms with Gasteiger partial charge in [-0.05, 0) is 18.2 Å². The van der Waals surface area contributed by atoms with Crippen LogP contribution >= 0.6 is 24.0 Å². The molecule has 0 saturated carbocycles. The van der Waals surface area contributed by atoms with Crippen LogP contribution in [0.3, 0.4) is 0 Å².